The zero-order valence-electron chi connectivity index (χ0n) is 12.2. The lowest BCUT2D eigenvalue weighted by atomic mass is 10.1. The Morgan fingerprint density at radius 1 is 1.32 bits per heavy atom. The van der Waals surface area contributed by atoms with Crippen LogP contribution in [0.4, 0.5) is 0 Å². The molecule has 0 aliphatic rings. The molecule has 2 N–H and O–H groups in total. The minimum Gasteiger partial charge on any atom is -0.352 e. The number of carbonyl (C=O) groups is 1. The van der Waals surface area contributed by atoms with Gasteiger partial charge in [0, 0.05) is 24.4 Å². The number of amides is 1. The molecule has 1 amide bonds. The highest BCUT2D eigenvalue weighted by atomic mass is 16.2. The van der Waals surface area contributed by atoms with Gasteiger partial charge in [0.05, 0.1) is 5.69 Å². The van der Waals surface area contributed by atoms with Gasteiger partial charge in [-0.2, -0.15) is 0 Å². The summed E-state index contributed by atoms with van der Waals surface area (Å²) in [4.78, 5) is 28.8. The highest BCUT2D eigenvalue weighted by Crippen LogP contribution is 2.16. The van der Waals surface area contributed by atoms with Crippen molar-refractivity contribution in [2.75, 3.05) is 6.54 Å². The van der Waals surface area contributed by atoms with Crippen molar-refractivity contribution in [1.29, 1.82) is 0 Å². The van der Waals surface area contributed by atoms with Crippen LogP contribution >= 0.6 is 0 Å². The average Bonchev–Trinajstić information content (AvgIpc) is 2.98. The average molecular weight is 296 g/mol. The quantitative estimate of drug-likeness (QED) is 0.771. The fraction of sp³-hybridized carbons (Fsp3) is 0.188. The van der Waals surface area contributed by atoms with E-state index in [-0.39, 0.29) is 11.5 Å². The Bertz CT molecular complexity index is 865. The second-order valence-corrected chi connectivity index (χ2v) is 4.95. The lowest BCUT2D eigenvalue weighted by Crippen LogP contribution is -2.24. The molecule has 0 spiro atoms. The number of aromatic nitrogens is 3. The third-order valence-electron chi connectivity index (χ3n) is 3.35. The summed E-state index contributed by atoms with van der Waals surface area (Å²) >= 11 is 0. The van der Waals surface area contributed by atoms with Crippen LogP contribution < -0.4 is 10.9 Å². The van der Waals surface area contributed by atoms with E-state index < -0.39 is 0 Å². The Balaban J connectivity index is 2.12. The Morgan fingerprint density at radius 3 is 2.82 bits per heavy atom. The fourth-order valence-corrected chi connectivity index (χ4v) is 2.24. The fourth-order valence-electron chi connectivity index (χ4n) is 2.24. The van der Waals surface area contributed by atoms with E-state index in [1.54, 1.807) is 0 Å². The number of benzene rings is 1. The molecule has 6 heteroatoms. The molecule has 3 aromatic rings. The molecule has 2 heterocycles. The number of carbonyl (C=O) groups excluding carboxylic acids is 1. The maximum absolute atomic E-state index is 12.2. The van der Waals surface area contributed by atoms with Crippen LogP contribution in [0.5, 0.6) is 0 Å². The molecule has 0 fully saturated rings. The van der Waals surface area contributed by atoms with Crippen LogP contribution in [-0.4, -0.2) is 27.0 Å². The normalized spacial score (nSPS) is 10.8. The van der Waals surface area contributed by atoms with Gasteiger partial charge in [-0.3, -0.25) is 14.7 Å². The van der Waals surface area contributed by atoms with Gasteiger partial charge in [-0.05, 0) is 6.42 Å². The number of nitrogens with one attached hydrogen (secondary N) is 2. The molecule has 1 aromatic carbocycles. The largest absolute Gasteiger partial charge is 0.352 e. The van der Waals surface area contributed by atoms with Crippen molar-refractivity contribution in [1.82, 2.24) is 19.9 Å². The number of hydrogen-bond acceptors (Lipinski definition) is 3. The predicted octanol–water partition coefficient (Wildman–Crippen LogP) is 1.83. The van der Waals surface area contributed by atoms with Crippen molar-refractivity contribution in [3.05, 3.63) is 58.5 Å². The van der Waals surface area contributed by atoms with Crippen molar-refractivity contribution in [2.24, 2.45) is 0 Å². The maximum Gasteiger partial charge on any atom is 0.273 e. The van der Waals surface area contributed by atoms with E-state index in [9.17, 15) is 9.59 Å². The number of H-pyrrole nitrogens is 1. The molecule has 0 saturated heterocycles. The number of nitrogens with zero attached hydrogens (tertiary/aromatic N) is 2. The summed E-state index contributed by atoms with van der Waals surface area (Å²) in [6.45, 7) is 2.56. The second kappa shape index (κ2) is 5.85. The van der Waals surface area contributed by atoms with Gasteiger partial charge >= 0.3 is 0 Å². The van der Waals surface area contributed by atoms with Crippen LogP contribution in [0, 0.1) is 0 Å². The van der Waals surface area contributed by atoms with Crippen molar-refractivity contribution in [3.63, 3.8) is 0 Å². The van der Waals surface area contributed by atoms with Gasteiger partial charge in [0.15, 0.2) is 5.65 Å². The van der Waals surface area contributed by atoms with E-state index >= 15 is 0 Å². The van der Waals surface area contributed by atoms with Crippen LogP contribution in [0.15, 0.2) is 47.4 Å². The topological polar surface area (TPSA) is 79.3 Å². The van der Waals surface area contributed by atoms with Gasteiger partial charge < -0.3 is 5.32 Å². The Kier molecular flexibility index (Phi) is 3.74. The summed E-state index contributed by atoms with van der Waals surface area (Å²) < 4.78 is 1.27. The van der Waals surface area contributed by atoms with E-state index in [2.05, 4.69) is 15.4 Å². The molecule has 0 bridgehead atoms. The van der Waals surface area contributed by atoms with Crippen molar-refractivity contribution in [2.45, 2.75) is 13.3 Å². The zero-order chi connectivity index (χ0) is 15.5. The first-order chi connectivity index (χ1) is 10.7. The Labute approximate surface area is 126 Å². The lowest BCUT2D eigenvalue weighted by molar-refractivity contribution is 0.0955. The van der Waals surface area contributed by atoms with Crippen molar-refractivity contribution >= 4 is 11.6 Å². The molecule has 2 aromatic heterocycles. The second-order valence-electron chi connectivity index (χ2n) is 4.95. The van der Waals surface area contributed by atoms with Crippen molar-refractivity contribution in [3.8, 4) is 11.3 Å². The smallest absolute Gasteiger partial charge is 0.273 e. The molecule has 0 aliphatic carbocycles. The van der Waals surface area contributed by atoms with Crippen LogP contribution in [0.1, 0.15) is 23.7 Å². The Hall–Kier alpha value is -2.89. The summed E-state index contributed by atoms with van der Waals surface area (Å²) in [6, 6.07) is 10.9. The number of rotatable bonds is 4. The van der Waals surface area contributed by atoms with Crippen molar-refractivity contribution < 1.29 is 4.79 Å². The highest BCUT2D eigenvalue weighted by Gasteiger charge is 2.15. The summed E-state index contributed by atoms with van der Waals surface area (Å²) in [5.41, 5.74) is 1.83. The predicted molar refractivity (Wildman–Crippen MR) is 83.9 cm³/mol. The maximum atomic E-state index is 12.2. The van der Waals surface area contributed by atoms with Gasteiger partial charge in [-0.25, -0.2) is 9.50 Å². The van der Waals surface area contributed by atoms with Crippen LogP contribution in [0.2, 0.25) is 0 Å². The molecule has 0 saturated carbocycles. The summed E-state index contributed by atoms with van der Waals surface area (Å²) in [7, 11) is 0. The minimum atomic E-state index is -0.251. The third-order valence-corrected chi connectivity index (χ3v) is 3.35. The minimum absolute atomic E-state index is 0.238. The standard InChI is InChI=1S/C16H16N4O2/c1-2-8-17-16(22)12-10-18-20-14(21)9-13(19-15(12)20)11-6-4-3-5-7-11/h3-7,9-10,18H,2,8H2,1H3,(H,17,22). The lowest BCUT2D eigenvalue weighted by Gasteiger charge is -2.03. The van der Waals surface area contributed by atoms with E-state index in [1.165, 1.54) is 16.8 Å². The molecule has 112 valence electrons. The van der Waals surface area contributed by atoms with Crippen LogP contribution in [0.3, 0.4) is 0 Å². The molecular weight excluding hydrogens is 280 g/mol. The number of aromatic amines is 1. The summed E-state index contributed by atoms with van der Waals surface area (Å²) in [5.74, 6) is -0.238. The summed E-state index contributed by atoms with van der Waals surface area (Å²) in [5, 5.41) is 5.56. The summed E-state index contributed by atoms with van der Waals surface area (Å²) in [6.07, 6.45) is 2.35. The molecule has 0 atom stereocenters. The van der Waals surface area contributed by atoms with Gasteiger partial charge in [-0.15, -0.1) is 0 Å². The van der Waals surface area contributed by atoms with E-state index in [0.29, 0.717) is 23.4 Å². The van der Waals surface area contributed by atoms with E-state index in [0.717, 1.165) is 12.0 Å². The molecule has 22 heavy (non-hydrogen) atoms. The monoisotopic (exact) mass is 296 g/mol. The zero-order valence-corrected chi connectivity index (χ0v) is 12.2. The molecular formula is C16H16N4O2. The van der Waals surface area contributed by atoms with Gasteiger partial charge in [0.2, 0.25) is 0 Å². The molecule has 0 unspecified atom stereocenters. The Morgan fingerprint density at radius 2 is 2.09 bits per heavy atom. The molecule has 6 nitrogen and oxygen atoms in total. The molecule has 0 radical (unpaired) electrons. The van der Waals surface area contributed by atoms with Gasteiger partial charge in [-0.1, -0.05) is 37.3 Å². The highest BCUT2D eigenvalue weighted by molar-refractivity contribution is 5.99. The molecule has 3 rings (SSSR count). The van der Waals surface area contributed by atoms with Crippen LogP contribution in [0.25, 0.3) is 16.9 Å². The third kappa shape index (κ3) is 2.50. The number of fused-ring (bicyclic) bond motifs is 1. The molecule has 0 aliphatic heterocycles. The van der Waals surface area contributed by atoms with E-state index in [1.807, 2.05) is 37.3 Å². The SMILES string of the molecule is CCCNC(=O)c1c[nH]n2c(=O)cc(-c3ccccc3)nc12. The first kappa shape index (κ1) is 14.1. The van der Waals surface area contributed by atoms with Gasteiger partial charge in [0.1, 0.15) is 5.56 Å². The van der Waals surface area contributed by atoms with Gasteiger partial charge in [0.25, 0.3) is 11.5 Å². The first-order valence-corrected chi connectivity index (χ1v) is 7.15. The van der Waals surface area contributed by atoms with Crippen LogP contribution in [-0.2, 0) is 0 Å². The van der Waals surface area contributed by atoms with E-state index in [4.69, 9.17) is 0 Å². The first-order valence-electron chi connectivity index (χ1n) is 7.15. The number of hydrogen-bond donors (Lipinski definition) is 2.